The first-order chi connectivity index (χ1) is 32.3. The SMILES string of the molecule is CCCCC/C=C\C/C=C\CCCCCCCC(=O)O[C@@H]1COC(=O)CCC/C=C\C[C@H]2C(=O)C[C@@H](O)[C@H](/C=C/[C@@H](O)CCCCC)[C@@H](O)[C@@H](OP(=O)(O)O)[C@@H](OP(=O)(O)OC1)[C@H](O)[C@@H](O)[C@@H]2O. The number of esters is 2. The van der Waals surface area contributed by atoms with E-state index in [1.165, 1.54) is 25.3 Å². The monoisotopic (exact) mass is 1010 g/mol. The number of ether oxygens (including phenoxy) is 2. The van der Waals surface area contributed by atoms with Gasteiger partial charge in [-0.05, 0) is 64.2 Å². The quantitative estimate of drug-likeness (QED) is 0.0250. The van der Waals surface area contributed by atoms with E-state index >= 15 is 0 Å². The van der Waals surface area contributed by atoms with E-state index in [9.17, 15) is 68.8 Å². The second kappa shape index (κ2) is 34.0. The molecule has 2 rings (SSSR count). The van der Waals surface area contributed by atoms with Gasteiger partial charge in [-0.3, -0.25) is 28.0 Å². The summed E-state index contributed by atoms with van der Waals surface area (Å²) >= 11 is 0. The van der Waals surface area contributed by atoms with E-state index in [4.69, 9.17) is 23.0 Å². The highest BCUT2D eigenvalue weighted by molar-refractivity contribution is 7.47. The Hall–Kier alpha value is -2.45. The zero-order chi connectivity index (χ0) is 50.5. The van der Waals surface area contributed by atoms with Crippen molar-refractivity contribution in [1.82, 2.24) is 0 Å². The van der Waals surface area contributed by atoms with E-state index in [-0.39, 0.29) is 38.5 Å². The van der Waals surface area contributed by atoms with Gasteiger partial charge in [-0.2, -0.15) is 0 Å². The van der Waals surface area contributed by atoms with E-state index in [1.807, 2.05) is 6.92 Å². The molecule has 21 heteroatoms. The average Bonchev–Trinajstić information content (AvgIpc) is 3.28. The van der Waals surface area contributed by atoms with Crippen LogP contribution in [0.1, 0.15) is 149 Å². The van der Waals surface area contributed by atoms with Crippen molar-refractivity contribution in [2.24, 2.45) is 11.8 Å². The molecule has 0 amide bonds. The minimum Gasteiger partial charge on any atom is -0.462 e. The van der Waals surface area contributed by atoms with E-state index < -0.39 is 120 Å². The lowest BCUT2D eigenvalue weighted by Gasteiger charge is -2.38. The van der Waals surface area contributed by atoms with E-state index in [0.717, 1.165) is 63.5 Å². The van der Waals surface area contributed by atoms with Gasteiger partial charge in [0.25, 0.3) is 0 Å². The fourth-order valence-electron chi connectivity index (χ4n) is 7.81. The molecule has 0 radical (unpaired) electrons. The molecule has 1 unspecified atom stereocenters. The van der Waals surface area contributed by atoms with Crippen molar-refractivity contribution in [1.29, 1.82) is 0 Å². The van der Waals surface area contributed by atoms with E-state index in [0.29, 0.717) is 19.3 Å². The molecule has 1 fully saturated rings. The number of cyclic esters (lactones) is 1. The van der Waals surface area contributed by atoms with Gasteiger partial charge >= 0.3 is 27.6 Å². The number of fused-ring (bicyclic) bond motifs is 4. The number of carbonyl (C=O) groups is 3. The van der Waals surface area contributed by atoms with Crippen molar-refractivity contribution >= 4 is 33.4 Å². The maximum atomic E-state index is 13.7. The number of phosphoric ester groups is 2. The summed E-state index contributed by atoms with van der Waals surface area (Å²) in [6.07, 6.45) is 6.27. The molecule has 0 spiro atoms. The lowest BCUT2D eigenvalue weighted by Crippen LogP contribution is -2.56. The van der Waals surface area contributed by atoms with Gasteiger partial charge in [-0.15, -0.1) is 0 Å². The van der Waals surface area contributed by atoms with Crippen LogP contribution in [-0.2, 0) is 46.6 Å². The number of Topliss-reactive ketones (excluding diaryl/α,β-unsaturated/α-hetero) is 1. The zero-order valence-electron chi connectivity index (χ0n) is 39.7. The van der Waals surface area contributed by atoms with Crippen molar-refractivity contribution < 1.29 is 91.9 Å². The zero-order valence-corrected chi connectivity index (χ0v) is 41.5. The smallest absolute Gasteiger partial charge is 0.462 e. The summed E-state index contributed by atoms with van der Waals surface area (Å²) in [5, 5.41) is 68.2. The summed E-state index contributed by atoms with van der Waals surface area (Å²) < 4.78 is 52.1. The lowest BCUT2D eigenvalue weighted by atomic mass is 9.84. The molecule has 2 bridgehead atoms. The van der Waals surface area contributed by atoms with Crippen molar-refractivity contribution in [3.63, 3.8) is 0 Å². The molecule has 1 heterocycles. The van der Waals surface area contributed by atoms with Crippen LogP contribution in [0.5, 0.6) is 0 Å². The van der Waals surface area contributed by atoms with Crippen LogP contribution in [-0.4, -0.2) is 131 Å². The second-order valence-corrected chi connectivity index (χ2v) is 20.2. The molecule has 392 valence electrons. The van der Waals surface area contributed by atoms with Crippen molar-refractivity contribution in [2.45, 2.75) is 204 Å². The van der Waals surface area contributed by atoms with E-state index in [1.54, 1.807) is 6.08 Å². The summed E-state index contributed by atoms with van der Waals surface area (Å²) in [5.41, 5.74) is 0. The highest BCUT2D eigenvalue weighted by Gasteiger charge is 2.51. The Morgan fingerprint density at radius 2 is 1.50 bits per heavy atom. The van der Waals surface area contributed by atoms with Crippen LogP contribution in [0.15, 0.2) is 48.6 Å². The van der Waals surface area contributed by atoms with Gasteiger partial charge in [0.1, 0.15) is 36.8 Å². The molecule has 1 aliphatic carbocycles. The first-order valence-electron chi connectivity index (χ1n) is 24.3. The van der Waals surface area contributed by atoms with Crippen molar-refractivity contribution in [2.75, 3.05) is 13.2 Å². The third-order valence-electron chi connectivity index (χ3n) is 11.7. The van der Waals surface area contributed by atoms with Gasteiger partial charge in [0, 0.05) is 31.1 Å². The van der Waals surface area contributed by atoms with E-state index in [2.05, 4.69) is 31.2 Å². The molecule has 68 heavy (non-hydrogen) atoms. The highest BCUT2D eigenvalue weighted by atomic mass is 31.2. The predicted octanol–water partition coefficient (Wildman–Crippen LogP) is 5.87. The maximum absolute atomic E-state index is 13.7. The molecule has 12 atom stereocenters. The largest absolute Gasteiger partial charge is 0.472 e. The van der Waals surface area contributed by atoms with Crippen LogP contribution in [0, 0.1) is 11.8 Å². The van der Waals surface area contributed by atoms with Gasteiger partial charge in [-0.1, -0.05) is 114 Å². The molecule has 0 saturated heterocycles. The Labute approximate surface area is 401 Å². The molecule has 0 aromatic carbocycles. The summed E-state index contributed by atoms with van der Waals surface area (Å²) in [5.74, 6) is -5.71. The molecular formula is C47H80O19P2. The number of ketones is 1. The molecule has 0 aromatic rings. The lowest BCUT2D eigenvalue weighted by molar-refractivity contribution is -0.164. The number of hydrogen-bond donors (Lipinski definition) is 9. The Morgan fingerprint density at radius 1 is 0.853 bits per heavy atom. The Balaban J connectivity index is 2.37. The highest BCUT2D eigenvalue weighted by Crippen LogP contribution is 2.49. The topological polar surface area (TPSA) is 314 Å². The van der Waals surface area contributed by atoms with Crippen LogP contribution in [0.4, 0.5) is 0 Å². The Kier molecular flexibility index (Phi) is 30.8. The molecule has 1 saturated carbocycles. The number of aliphatic hydroxyl groups excluding tert-OH is 6. The Bertz CT molecular complexity index is 1670. The fraction of sp³-hybridized carbons (Fsp3) is 0.766. The number of allylic oxidation sites excluding steroid dienone is 6. The summed E-state index contributed by atoms with van der Waals surface area (Å²) in [7, 11) is -11.5. The summed E-state index contributed by atoms with van der Waals surface area (Å²) in [4.78, 5) is 70.4. The number of hydrogen-bond acceptors (Lipinski definition) is 16. The minimum absolute atomic E-state index is 0.0525. The van der Waals surface area contributed by atoms with Crippen molar-refractivity contribution in [3.05, 3.63) is 48.6 Å². The summed E-state index contributed by atoms with van der Waals surface area (Å²) in [6.45, 7) is 2.49. The van der Waals surface area contributed by atoms with Gasteiger partial charge in [-0.25, -0.2) is 9.13 Å². The van der Waals surface area contributed by atoms with Gasteiger partial charge < -0.3 is 54.8 Å². The van der Waals surface area contributed by atoms with Crippen molar-refractivity contribution in [3.8, 4) is 0 Å². The molecule has 1 aliphatic heterocycles. The Morgan fingerprint density at radius 3 is 2.18 bits per heavy atom. The molecule has 2 aliphatic rings. The number of rotatable bonds is 23. The first-order valence-corrected chi connectivity index (χ1v) is 27.3. The standard InChI is InChI=1S/C47H80O19P2/c1-3-5-7-8-9-10-11-12-13-14-15-16-17-18-24-28-41(52)64-35-32-62-40(51)27-23-20-19-22-26-36-38(49)31-39(50)37(30-29-34(48)25-21-6-4-2)43(54)46(65-67(57,58)59)47(45(56)44(55)42(36)53)66-68(60,61)63-33-35/h9-10,12-13,19,22,29-30,34-37,39,42-48,50,53-56H,3-8,11,14-18,20-21,23-28,31-33H2,1-2H3,(H,60,61)(H2,57,58,59)/b10-9-,13-12-,22-19-,30-29+/t34-,35+,36-,37-,39+,42+,43+,44-,45+,46+,47-/m0/s1. The minimum atomic E-state index is -5.79. The second-order valence-electron chi connectivity index (χ2n) is 17.6. The molecular weight excluding hydrogens is 930 g/mol. The maximum Gasteiger partial charge on any atom is 0.472 e. The van der Waals surface area contributed by atoms with Gasteiger partial charge in [0.2, 0.25) is 0 Å². The van der Waals surface area contributed by atoms with Crippen LogP contribution in [0.2, 0.25) is 0 Å². The van der Waals surface area contributed by atoms with Gasteiger partial charge in [0.05, 0.1) is 31.0 Å². The normalized spacial score (nSPS) is 31.0. The van der Waals surface area contributed by atoms with Gasteiger partial charge in [0.15, 0.2) is 6.10 Å². The average molecular weight is 1010 g/mol. The third-order valence-corrected chi connectivity index (χ3v) is 13.2. The fourth-order valence-corrected chi connectivity index (χ4v) is 9.34. The van der Waals surface area contributed by atoms with Crippen LogP contribution in [0.3, 0.4) is 0 Å². The molecule has 19 nitrogen and oxygen atoms in total. The van der Waals surface area contributed by atoms with Crippen LogP contribution in [0.25, 0.3) is 0 Å². The molecule has 9 N–H and O–H groups in total. The molecule has 0 aromatic heterocycles. The predicted molar refractivity (Wildman–Crippen MR) is 251 cm³/mol. The van der Waals surface area contributed by atoms with Crippen LogP contribution >= 0.6 is 15.6 Å². The summed E-state index contributed by atoms with van der Waals surface area (Å²) in [6, 6.07) is 0. The number of unbranched alkanes of at least 4 members (excludes halogenated alkanes) is 10. The van der Waals surface area contributed by atoms with Crippen LogP contribution < -0.4 is 0 Å². The number of carbonyl (C=O) groups excluding carboxylic acids is 3. The number of phosphoric acid groups is 2. The third kappa shape index (κ3) is 25.6. The number of aliphatic hydroxyl groups is 6. The first kappa shape index (κ1) is 61.7.